The van der Waals surface area contributed by atoms with Gasteiger partial charge < -0.3 is 10.4 Å². The fraction of sp³-hybridized carbons (Fsp3) is 0.900. The average molecular weight is 232 g/mol. The number of carboxylic acid groups (broad SMARTS) is 1. The minimum Gasteiger partial charge on any atom is -0.480 e. The Bertz CT molecular complexity index is 206. The third-order valence-electron chi connectivity index (χ3n) is 2.81. The highest BCUT2D eigenvalue weighted by atomic mass is 32.2. The van der Waals surface area contributed by atoms with Crippen LogP contribution in [0.3, 0.4) is 0 Å². The number of carbonyl (C=O) groups is 1. The third kappa shape index (κ3) is 4.40. The highest BCUT2D eigenvalue weighted by Crippen LogP contribution is 2.22. The lowest BCUT2D eigenvalue weighted by Crippen LogP contribution is -2.38. The SMILES string of the molecule is CN[C@H](CSN1CCC(C)CC1)C(=O)O. The van der Waals surface area contributed by atoms with Crippen molar-refractivity contribution in [2.45, 2.75) is 25.8 Å². The number of nitrogens with zero attached hydrogens (tertiary/aromatic N) is 1. The molecule has 0 aromatic rings. The fourth-order valence-corrected chi connectivity index (χ4v) is 2.71. The van der Waals surface area contributed by atoms with E-state index < -0.39 is 12.0 Å². The van der Waals surface area contributed by atoms with Crippen LogP contribution in [0, 0.1) is 5.92 Å². The predicted molar refractivity (Wildman–Crippen MR) is 62.9 cm³/mol. The van der Waals surface area contributed by atoms with Gasteiger partial charge in [0.1, 0.15) is 6.04 Å². The van der Waals surface area contributed by atoms with Gasteiger partial charge in [-0.25, -0.2) is 0 Å². The summed E-state index contributed by atoms with van der Waals surface area (Å²) in [5.41, 5.74) is 0. The number of hydrogen-bond acceptors (Lipinski definition) is 4. The van der Waals surface area contributed by atoms with Gasteiger partial charge in [0.25, 0.3) is 0 Å². The number of carboxylic acids is 1. The van der Waals surface area contributed by atoms with Gasteiger partial charge in [0.2, 0.25) is 0 Å². The summed E-state index contributed by atoms with van der Waals surface area (Å²) in [4.78, 5) is 10.8. The second kappa shape index (κ2) is 6.35. The van der Waals surface area contributed by atoms with Crippen molar-refractivity contribution in [2.24, 2.45) is 5.92 Å². The summed E-state index contributed by atoms with van der Waals surface area (Å²) in [5.74, 6) is 0.664. The standard InChI is InChI=1S/C10H20N2O2S/c1-8-3-5-12(6-4-8)15-7-9(11-2)10(13)14/h8-9,11H,3-7H2,1-2H3,(H,13,14)/t9-/m1/s1. The normalized spacial score (nSPS) is 21.5. The molecule has 0 aliphatic carbocycles. The van der Waals surface area contributed by atoms with Crippen LogP contribution in [0.1, 0.15) is 19.8 Å². The zero-order chi connectivity index (χ0) is 11.3. The van der Waals surface area contributed by atoms with E-state index in [1.54, 1.807) is 19.0 Å². The third-order valence-corrected chi connectivity index (χ3v) is 4.03. The molecular weight excluding hydrogens is 212 g/mol. The van der Waals surface area contributed by atoms with E-state index >= 15 is 0 Å². The number of rotatable bonds is 5. The molecule has 1 fully saturated rings. The number of likely N-dealkylation sites (N-methyl/N-ethyl adjacent to an activating group) is 1. The maximum Gasteiger partial charge on any atom is 0.321 e. The summed E-state index contributed by atoms with van der Waals surface area (Å²) < 4.78 is 2.28. The Labute approximate surface area is 95.5 Å². The van der Waals surface area contributed by atoms with Crippen LogP contribution in [0.2, 0.25) is 0 Å². The quantitative estimate of drug-likeness (QED) is 0.694. The number of nitrogens with one attached hydrogen (secondary N) is 1. The van der Waals surface area contributed by atoms with E-state index in [0.29, 0.717) is 5.75 Å². The van der Waals surface area contributed by atoms with Crippen molar-refractivity contribution in [3.63, 3.8) is 0 Å². The first-order chi connectivity index (χ1) is 7.13. The van der Waals surface area contributed by atoms with Crippen molar-refractivity contribution in [3.05, 3.63) is 0 Å². The Kier molecular flexibility index (Phi) is 5.42. The van der Waals surface area contributed by atoms with Crippen molar-refractivity contribution in [2.75, 3.05) is 25.9 Å². The predicted octanol–water partition coefficient (Wildman–Crippen LogP) is 1.04. The van der Waals surface area contributed by atoms with E-state index in [4.69, 9.17) is 5.11 Å². The maximum atomic E-state index is 10.8. The van der Waals surface area contributed by atoms with Crippen LogP contribution in [0.25, 0.3) is 0 Å². The molecule has 0 aromatic carbocycles. The van der Waals surface area contributed by atoms with E-state index in [1.165, 1.54) is 12.8 Å². The lowest BCUT2D eigenvalue weighted by molar-refractivity contribution is -0.138. The first kappa shape index (κ1) is 12.8. The molecule has 5 heteroatoms. The van der Waals surface area contributed by atoms with Crippen LogP contribution in [0.4, 0.5) is 0 Å². The Morgan fingerprint density at radius 1 is 1.60 bits per heavy atom. The molecular formula is C10H20N2O2S. The van der Waals surface area contributed by atoms with Gasteiger partial charge in [0, 0.05) is 18.8 Å². The van der Waals surface area contributed by atoms with Crippen molar-refractivity contribution in [1.82, 2.24) is 9.62 Å². The van der Waals surface area contributed by atoms with Crippen molar-refractivity contribution in [1.29, 1.82) is 0 Å². The lowest BCUT2D eigenvalue weighted by Gasteiger charge is -2.29. The minimum atomic E-state index is -0.768. The molecule has 1 aliphatic rings. The van der Waals surface area contributed by atoms with Gasteiger partial charge in [-0.3, -0.25) is 9.10 Å². The van der Waals surface area contributed by atoms with Crippen LogP contribution in [0.15, 0.2) is 0 Å². The zero-order valence-corrected chi connectivity index (χ0v) is 10.2. The van der Waals surface area contributed by atoms with Gasteiger partial charge in [-0.2, -0.15) is 0 Å². The minimum absolute atomic E-state index is 0.436. The van der Waals surface area contributed by atoms with Crippen molar-refractivity contribution < 1.29 is 9.90 Å². The molecule has 15 heavy (non-hydrogen) atoms. The zero-order valence-electron chi connectivity index (χ0n) is 9.40. The molecule has 0 unspecified atom stereocenters. The Morgan fingerprint density at radius 2 is 2.20 bits per heavy atom. The average Bonchev–Trinajstić information content (AvgIpc) is 2.21. The van der Waals surface area contributed by atoms with Crippen molar-refractivity contribution in [3.8, 4) is 0 Å². The smallest absolute Gasteiger partial charge is 0.321 e. The number of hydrogen-bond donors (Lipinski definition) is 2. The first-order valence-corrected chi connectivity index (χ1v) is 6.35. The summed E-state index contributed by atoms with van der Waals surface area (Å²) >= 11 is 1.65. The molecule has 0 saturated carbocycles. The fourth-order valence-electron chi connectivity index (χ4n) is 1.57. The van der Waals surface area contributed by atoms with Gasteiger partial charge >= 0.3 is 5.97 Å². The van der Waals surface area contributed by atoms with Crippen LogP contribution in [-0.4, -0.2) is 47.3 Å². The molecule has 0 spiro atoms. The molecule has 1 aliphatic heterocycles. The topological polar surface area (TPSA) is 52.6 Å². The lowest BCUT2D eigenvalue weighted by atomic mass is 10.0. The van der Waals surface area contributed by atoms with Gasteiger partial charge in [-0.1, -0.05) is 18.9 Å². The molecule has 1 heterocycles. The highest BCUT2D eigenvalue weighted by Gasteiger charge is 2.20. The molecule has 0 bridgehead atoms. The molecule has 1 rings (SSSR count). The van der Waals surface area contributed by atoms with Gasteiger partial charge in [0.05, 0.1) is 0 Å². The monoisotopic (exact) mass is 232 g/mol. The van der Waals surface area contributed by atoms with Gasteiger partial charge in [-0.15, -0.1) is 0 Å². The second-order valence-corrected chi connectivity index (χ2v) is 5.19. The van der Waals surface area contributed by atoms with E-state index in [0.717, 1.165) is 19.0 Å². The molecule has 0 radical (unpaired) electrons. The van der Waals surface area contributed by atoms with Gasteiger partial charge in [0.15, 0.2) is 0 Å². The molecule has 88 valence electrons. The molecule has 1 atom stereocenters. The van der Waals surface area contributed by atoms with Crippen LogP contribution >= 0.6 is 11.9 Å². The molecule has 0 amide bonds. The second-order valence-electron chi connectivity index (χ2n) is 4.09. The van der Waals surface area contributed by atoms with E-state index in [9.17, 15) is 4.79 Å². The molecule has 4 nitrogen and oxygen atoms in total. The Morgan fingerprint density at radius 3 is 2.67 bits per heavy atom. The summed E-state index contributed by atoms with van der Waals surface area (Å²) in [5, 5.41) is 11.7. The summed E-state index contributed by atoms with van der Waals surface area (Å²) in [6.07, 6.45) is 2.45. The largest absolute Gasteiger partial charge is 0.480 e. The summed E-state index contributed by atoms with van der Waals surface area (Å²) in [6.45, 7) is 4.44. The highest BCUT2D eigenvalue weighted by molar-refractivity contribution is 7.97. The Balaban J connectivity index is 2.21. The van der Waals surface area contributed by atoms with Gasteiger partial charge in [-0.05, 0) is 25.8 Å². The Hall–Kier alpha value is -0.260. The summed E-state index contributed by atoms with van der Waals surface area (Å²) in [7, 11) is 1.69. The first-order valence-electron chi connectivity index (χ1n) is 5.41. The van der Waals surface area contributed by atoms with Crippen LogP contribution in [0.5, 0.6) is 0 Å². The van der Waals surface area contributed by atoms with Crippen LogP contribution < -0.4 is 5.32 Å². The van der Waals surface area contributed by atoms with E-state index in [2.05, 4.69) is 16.5 Å². The molecule has 0 aromatic heterocycles. The molecule has 2 N–H and O–H groups in total. The number of aliphatic carboxylic acids is 1. The number of piperidine rings is 1. The van der Waals surface area contributed by atoms with E-state index in [1.807, 2.05) is 0 Å². The van der Waals surface area contributed by atoms with Crippen molar-refractivity contribution >= 4 is 17.9 Å². The van der Waals surface area contributed by atoms with Crippen LogP contribution in [-0.2, 0) is 4.79 Å². The van der Waals surface area contributed by atoms with E-state index in [-0.39, 0.29) is 0 Å². The molecule has 1 saturated heterocycles. The maximum absolute atomic E-state index is 10.8. The summed E-state index contributed by atoms with van der Waals surface area (Å²) in [6, 6.07) is -0.436.